The van der Waals surface area contributed by atoms with E-state index in [1.807, 2.05) is 25.1 Å². The van der Waals surface area contributed by atoms with Gasteiger partial charge in [0.05, 0.1) is 5.69 Å². The Morgan fingerprint density at radius 1 is 1.00 bits per heavy atom. The maximum Gasteiger partial charge on any atom is 0.146 e. The topological polar surface area (TPSA) is 12.0 Å². The molecule has 2 rings (SSSR count). The van der Waals surface area contributed by atoms with Crippen LogP contribution in [0.25, 0.3) is 0 Å². The van der Waals surface area contributed by atoms with Crippen LogP contribution in [0.3, 0.4) is 0 Å². The van der Waals surface area contributed by atoms with E-state index in [1.54, 1.807) is 12.1 Å². The van der Waals surface area contributed by atoms with Crippen molar-refractivity contribution in [3.05, 3.63) is 65.0 Å². The van der Waals surface area contributed by atoms with Gasteiger partial charge in [0.1, 0.15) is 5.82 Å². The van der Waals surface area contributed by atoms with Crippen molar-refractivity contribution in [3.8, 4) is 0 Å². The summed E-state index contributed by atoms with van der Waals surface area (Å²) in [7, 11) is 0. The van der Waals surface area contributed by atoms with Crippen LogP contribution < -0.4 is 5.32 Å². The Kier molecular flexibility index (Phi) is 3.43. The van der Waals surface area contributed by atoms with E-state index in [0.29, 0.717) is 12.2 Å². The van der Waals surface area contributed by atoms with Gasteiger partial charge < -0.3 is 5.32 Å². The number of aryl methyl sites for hydroxylation is 2. The molecule has 17 heavy (non-hydrogen) atoms. The molecule has 0 radical (unpaired) electrons. The standard InChI is InChI=1S/C15H16FN/c1-11-4-3-5-13(8-11)10-17-15-7-6-12(2)9-14(15)16/h3-9,17H,10H2,1-2H3. The molecule has 0 saturated heterocycles. The fourth-order valence-corrected chi connectivity index (χ4v) is 1.78. The molecule has 0 bridgehead atoms. The average molecular weight is 229 g/mol. The lowest BCUT2D eigenvalue weighted by Gasteiger charge is -2.08. The van der Waals surface area contributed by atoms with Crippen molar-refractivity contribution in [2.45, 2.75) is 20.4 Å². The number of halogens is 1. The normalized spacial score (nSPS) is 10.3. The summed E-state index contributed by atoms with van der Waals surface area (Å²) in [6.07, 6.45) is 0. The van der Waals surface area contributed by atoms with E-state index >= 15 is 0 Å². The van der Waals surface area contributed by atoms with E-state index < -0.39 is 0 Å². The third-order valence-electron chi connectivity index (χ3n) is 2.69. The zero-order valence-corrected chi connectivity index (χ0v) is 10.1. The summed E-state index contributed by atoms with van der Waals surface area (Å²) in [6.45, 7) is 4.57. The van der Waals surface area contributed by atoms with Crippen LogP contribution in [0, 0.1) is 19.7 Å². The molecule has 0 fully saturated rings. The molecule has 2 aromatic rings. The van der Waals surface area contributed by atoms with Gasteiger partial charge in [-0.15, -0.1) is 0 Å². The fraction of sp³-hybridized carbons (Fsp3) is 0.200. The molecule has 0 aromatic heterocycles. The number of benzene rings is 2. The molecule has 0 aliphatic heterocycles. The van der Waals surface area contributed by atoms with Gasteiger partial charge in [-0.3, -0.25) is 0 Å². The molecular weight excluding hydrogens is 213 g/mol. The first-order valence-corrected chi connectivity index (χ1v) is 5.71. The summed E-state index contributed by atoms with van der Waals surface area (Å²) in [5, 5.41) is 3.11. The quantitative estimate of drug-likeness (QED) is 0.837. The molecule has 0 spiro atoms. The average Bonchev–Trinajstić information content (AvgIpc) is 2.28. The minimum Gasteiger partial charge on any atom is -0.379 e. The molecule has 2 aromatic carbocycles. The van der Waals surface area contributed by atoms with Crippen molar-refractivity contribution in [2.75, 3.05) is 5.32 Å². The van der Waals surface area contributed by atoms with Gasteiger partial charge in [-0.05, 0) is 37.1 Å². The second-order valence-corrected chi connectivity index (χ2v) is 4.33. The molecule has 0 atom stereocenters. The summed E-state index contributed by atoms with van der Waals surface area (Å²) in [5.74, 6) is -0.197. The molecule has 1 nitrogen and oxygen atoms in total. The highest BCUT2D eigenvalue weighted by Gasteiger charge is 2.01. The second-order valence-electron chi connectivity index (χ2n) is 4.33. The lowest BCUT2D eigenvalue weighted by molar-refractivity contribution is 0.629. The Bertz CT molecular complexity index is 520. The number of hydrogen-bond acceptors (Lipinski definition) is 1. The Balaban J connectivity index is 2.07. The van der Waals surface area contributed by atoms with E-state index in [2.05, 4.69) is 24.4 Å². The predicted octanol–water partition coefficient (Wildman–Crippen LogP) is 4.05. The van der Waals surface area contributed by atoms with Crippen LogP contribution in [0.4, 0.5) is 10.1 Å². The first-order chi connectivity index (χ1) is 8.15. The van der Waals surface area contributed by atoms with Crippen LogP contribution in [0.15, 0.2) is 42.5 Å². The molecule has 1 N–H and O–H groups in total. The number of hydrogen-bond donors (Lipinski definition) is 1. The molecular formula is C15H16FN. The Hall–Kier alpha value is -1.83. The second kappa shape index (κ2) is 5.00. The van der Waals surface area contributed by atoms with Gasteiger partial charge in [-0.1, -0.05) is 35.9 Å². The van der Waals surface area contributed by atoms with E-state index in [0.717, 1.165) is 11.1 Å². The Morgan fingerprint density at radius 3 is 2.47 bits per heavy atom. The fourth-order valence-electron chi connectivity index (χ4n) is 1.78. The number of rotatable bonds is 3. The van der Waals surface area contributed by atoms with Gasteiger partial charge in [0.25, 0.3) is 0 Å². The van der Waals surface area contributed by atoms with Crippen molar-refractivity contribution in [1.29, 1.82) is 0 Å². The Morgan fingerprint density at radius 2 is 1.76 bits per heavy atom. The van der Waals surface area contributed by atoms with Crippen molar-refractivity contribution < 1.29 is 4.39 Å². The summed E-state index contributed by atoms with van der Waals surface area (Å²) in [5.41, 5.74) is 3.86. The van der Waals surface area contributed by atoms with Crippen molar-refractivity contribution in [1.82, 2.24) is 0 Å². The van der Waals surface area contributed by atoms with Gasteiger partial charge in [0, 0.05) is 6.54 Å². The van der Waals surface area contributed by atoms with Crippen LogP contribution in [-0.4, -0.2) is 0 Å². The highest BCUT2D eigenvalue weighted by atomic mass is 19.1. The van der Waals surface area contributed by atoms with Gasteiger partial charge >= 0.3 is 0 Å². The summed E-state index contributed by atoms with van der Waals surface area (Å²) < 4.78 is 13.6. The zero-order chi connectivity index (χ0) is 12.3. The zero-order valence-electron chi connectivity index (χ0n) is 10.1. The maximum absolute atomic E-state index is 13.6. The van der Waals surface area contributed by atoms with Crippen LogP contribution in [0.5, 0.6) is 0 Å². The van der Waals surface area contributed by atoms with Gasteiger partial charge in [0.2, 0.25) is 0 Å². The number of nitrogens with one attached hydrogen (secondary N) is 1. The van der Waals surface area contributed by atoms with Crippen LogP contribution in [-0.2, 0) is 6.54 Å². The lowest BCUT2D eigenvalue weighted by atomic mass is 10.1. The smallest absolute Gasteiger partial charge is 0.146 e. The van der Waals surface area contributed by atoms with E-state index in [4.69, 9.17) is 0 Å². The highest BCUT2D eigenvalue weighted by molar-refractivity contribution is 5.46. The summed E-state index contributed by atoms with van der Waals surface area (Å²) in [6, 6.07) is 13.4. The molecule has 0 aliphatic carbocycles. The first kappa shape index (κ1) is 11.6. The highest BCUT2D eigenvalue weighted by Crippen LogP contribution is 2.16. The third-order valence-corrected chi connectivity index (χ3v) is 2.69. The number of anilines is 1. The molecule has 0 heterocycles. The maximum atomic E-state index is 13.6. The monoisotopic (exact) mass is 229 g/mol. The van der Waals surface area contributed by atoms with Gasteiger partial charge in [-0.25, -0.2) is 4.39 Å². The van der Waals surface area contributed by atoms with Crippen LogP contribution in [0.1, 0.15) is 16.7 Å². The Labute approximate surface area is 101 Å². The van der Waals surface area contributed by atoms with Gasteiger partial charge in [0.15, 0.2) is 0 Å². The van der Waals surface area contributed by atoms with Crippen molar-refractivity contribution in [3.63, 3.8) is 0 Å². The van der Waals surface area contributed by atoms with Crippen molar-refractivity contribution in [2.24, 2.45) is 0 Å². The SMILES string of the molecule is Cc1cccc(CNc2ccc(C)cc2F)c1. The van der Waals surface area contributed by atoms with E-state index in [-0.39, 0.29) is 5.82 Å². The third kappa shape index (κ3) is 3.06. The molecule has 0 amide bonds. The molecule has 88 valence electrons. The lowest BCUT2D eigenvalue weighted by Crippen LogP contribution is -2.01. The molecule has 0 unspecified atom stereocenters. The molecule has 0 aliphatic rings. The minimum atomic E-state index is -0.197. The van der Waals surface area contributed by atoms with Crippen molar-refractivity contribution >= 4 is 5.69 Å². The summed E-state index contributed by atoms with van der Waals surface area (Å²) >= 11 is 0. The van der Waals surface area contributed by atoms with Gasteiger partial charge in [-0.2, -0.15) is 0 Å². The molecule has 0 saturated carbocycles. The van der Waals surface area contributed by atoms with E-state index in [1.165, 1.54) is 5.56 Å². The van der Waals surface area contributed by atoms with Crippen LogP contribution >= 0.6 is 0 Å². The minimum absolute atomic E-state index is 0.197. The first-order valence-electron chi connectivity index (χ1n) is 5.71. The molecule has 2 heteroatoms. The summed E-state index contributed by atoms with van der Waals surface area (Å²) in [4.78, 5) is 0. The van der Waals surface area contributed by atoms with Crippen LogP contribution in [0.2, 0.25) is 0 Å². The largest absolute Gasteiger partial charge is 0.379 e. The van der Waals surface area contributed by atoms with E-state index in [9.17, 15) is 4.39 Å². The predicted molar refractivity (Wildman–Crippen MR) is 69.6 cm³/mol.